The Morgan fingerprint density at radius 2 is 2.15 bits per heavy atom. The van der Waals surface area contributed by atoms with Crippen LogP contribution in [-0.2, 0) is 11.3 Å². The van der Waals surface area contributed by atoms with E-state index < -0.39 is 0 Å². The Morgan fingerprint density at radius 1 is 1.30 bits per heavy atom. The van der Waals surface area contributed by atoms with Crippen LogP contribution in [0.15, 0.2) is 53.5 Å². The molecule has 1 aromatic heterocycles. The average molecular weight is 376 g/mol. The van der Waals surface area contributed by atoms with Crippen LogP contribution in [0, 0.1) is 6.57 Å². The van der Waals surface area contributed by atoms with Crippen molar-refractivity contribution in [3.05, 3.63) is 70.8 Å². The summed E-state index contributed by atoms with van der Waals surface area (Å²) in [6, 6.07) is 12.5. The van der Waals surface area contributed by atoms with Gasteiger partial charge in [0.1, 0.15) is 12.2 Å². The van der Waals surface area contributed by atoms with E-state index >= 15 is 0 Å². The molecule has 0 saturated carbocycles. The lowest BCUT2D eigenvalue weighted by molar-refractivity contribution is -0.116. The molecule has 7 heteroatoms. The summed E-state index contributed by atoms with van der Waals surface area (Å²) in [7, 11) is 0. The van der Waals surface area contributed by atoms with Crippen LogP contribution in [0.4, 0.5) is 11.4 Å². The molecule has 27 heavy (non-hydrogen) atoms. The number of nitrogens with zero attached hydrogens (tertiary/aromatic N) is 4. The molecule has 2 aromatic carbocycles. The van der Waals surface area contributed by atoms with Crippen LogP contribution in [0.5, 0.6) is 0 Å². The number of carbonyl (C=O) groups excluding carboxylic acids is 1. The molecule has 132 valence electrons. The van der Waals surface area contributed by atoms with Gasteiger partial charge in [-0.3, -0.25) is 9.79 Å². The number of hydrogen-bond donors (Lipinski definition) is 1. The van der Waals surface area contributed by atoms with Crippen molar-refractivity contribution < 1.29 is 4.79 Å². The van der Waals surface area contributed by atoms with E-state index in [1.165, 1.54) is 0 Å². The molecular weight excluding hydrogens is 362 g/mol. The quantitative estimate of drug-likeness (QED) is 0.672. The van der Waals surface area contributed by atoms with E-state index in [4.69, 9.17) is 18.2 Å². The van der Waals surface area contributed by atoms with E-state index in [0.29, 0.717) is 22.2 Å². The standard InChI is InChI=1S/C20H14ClN5O/c1-22-15-9-8-13(11-14(15)21)24-19(27)12-26-18-7-3-2-5-16(18)25-20(26)17-6-4-10-23-17/h2-3,5-11H,4,12H2,(H,24,27). The maximum atomic E-state index is 12.6. The fraction of sp³-hybridized carbons (Fsp3) is 0.100. The molecule has 0 radical (unpaired) electrons. The molecule has 0 fully saturated rings. The highest BCUT2D eigenvalue weighted by Gasteiger charge is 2.17. The first-order chi connectivity index (χ1) is 13.2. The Labute approximate surface area is 160 Å². The van der Waals surface area contributed by atoms with Crippen molar-refractivity contribution in [2.45, 2.75) is 13.0 Å². The second kappa shape index (κ2) is 7.06. The number of aromatic nitrogens is 2. The Hall–Kier alpha value is -3.43. The summed E-state index contributed by atoms with van der Waals surface area (Å²) in [4.78, 5) is 24.9. The number of aliphatic imine (C=N–C) groups is 1. The Bertz CT molecular complexity index is 1150. The van der Waals surface area contributed by atoms with Gasteiger partial charge >= 0.3 is 0 Å². The molecule has 3 aromatic rings. The van der Waals surface area contributed by atoms with Gasteiger partial charge in [-0.15, -0.1) is 0 Å². The maximum absolute atomic E-state index is 12.6. The molecule has 1 amide bonds. The van der Waals surface area contributed by atoms with Gasteiger partial charge < -0.3 is 9.88 Å². The minimum atomic E-state index is -0.214. The number of imidazole rings is 1. The lowest BCUT2D eigenvalue weighted by atomic mass is 10.2. The zero-order valence-electron chi connectivity index (χ0n) is 14.2. The largest absolute Gasteiger partial charge is 0.325 e. The predicted molar refractivity (Wildman–Crippen MR) is 107 cm³/mol. The number of fused-ring (bicyclic) bond motifs is 1. The topological polar surface area (TPSA) is 63.6 Å². The zero-order valence-corrected chi connectivity index (χ0v) is 14.9. The molecule has 6 nitrogen and oxygen atoms in total. The summed E-state index contributed by atoms with van der Waals surface area (Å²) in [5.74, 6) is 0.454. The van der Waals surface area contributed by atoms with Crippen LogP contribution >= 0.6 is 11.6 Å². The molecule has 0 bridgehead atoms. The van der Waals surface area contributed by atoms with Crippen LogP contribution in [-0.4, -0.2) is 21.7 Å². The van der Waals surface area contributed by atoms with Gasteiger partial charge in [-0.05, 0) is 30.3 Å². The van der Waals surface area contributed by atoms with E-state index in [0.717, 1.165) is 23.2 Å². The molecule has 0 atom stereocenters. The van der Waals surface area contributed by atoms with E-state index in [1.54, 1.807) is 18.2 Å². The van der Waals surface area contributed by atoms with Crippen molar-refractivity contribution >= 4 is 51.8 Å². The monoisotopic (exact) mass is 375 g/mol. The number of benzene rings is 2. The van der Waals surface area contributed by atoms with Crippen molar-refractivity contribution in [2.24, 2.45) is 4.99 Å². The maximum Gasteiger partial charge on any atom is 0.244 e. The van der Waals surface area contributed by atoms with Crippen molar-refractivity contribution in [3.8, 4) is 0 Å². The molecule has 0 unspecified atom stereocenters. The van der Waals surface area contributed by atoms with Gasteiger partial charge in [-0.25, -0.2) is 9.83 Å². The Morgan fingerprint density at radius 3 is 2.89 bits per heavy atom. The number of para-hydroxylation sites is 2. The first kappa shape index (κ1) is 17.0. The van der Waals surface area contributed by atoms with Crippen molar-refractivity contribution in [3.63, 3.8) is 0 Å². The second-order valence-corrected chi connectivity index (χ2v) is 6.38. The average Bonchev–Trinajstić information content (AvgIpc) is 3.30. The number of hydrogen-bond acceptors (Lipinski definition) is 3. The summed E-state index contributed by atoms with van der Waals surface area (Å²) in [6.07, 6.45) is 4.56. The van der Waals surface area contributed by atoms with E-state index in [1.807, 2.05) is 41.1 Å². The fourth-order valence-electron chi connectivity index (χ4n) is 2.97. The van der Waals surface area contributed by atoms with Crippen LogP contribution in [0.2, 0.25) is 5.02 Å². The molecule has 2 heterocycles. The van der Waals surface area contributed by atoms with Gasteiger partial charge in [0.15, 0.2) is 5.82 Å². The number of carbonyl (C=O) groups is 1. The summed E-state index contributed by atoms with van der Waals surface area (Å²) in [5.41, 5.74) is 3.34. The first-order valence-electron chi connectivity index (χ1n) is 8.31. The SMILES string of the molecule is [C-]#[N+]c1ccc(NC(=O)Cn2c(C3=CCC=N3)nc3ccccc32)cc1Cl. The van der Waals surface area contributed by atoms with Gasteiger partial charge in [0.2, 0.25) is 11.6 Å². The molecule has 0 spiro atoms. The summed E-state index contributed by atoms with van der Waals surface area (Å²) < 4.78 is 1.86. The summed E-state index contributed by atoms with van der Waals surface area (Å²) >= 11 is 6.04. The van der Waals surface area contributed by atoms with Gasteiger partial charge in [0.25, 0.3) is 0 Å². The fourth-order valence-corrected chi connectivity index (χ4v) is 3.19. The number of amides is 1. The van der Waals surface area contributed by atoms with Gasteiger partial charge in [-0.1, -0.05) is 29.8 Å². The van der Waals surface area contributed by atoms with E-state index in [2.05, 4.69) is 20.1 Å². The highest BCUT2D eigenvalue weighted by atomic mass is 35.5. The van der Waals surface area contributed by atoms with E-state index in [-0.39, 0.29) is 12.5 Å². The number of nitrogens with one attached hydrogen (secondary N) is 1. The molecule has 0 aliphatic carbocycles. The number of allylic oxidation sites excluding steroid dienone is 1. The van der Waals surface area contributed by atoms with Gasteiger partial charge in [0, 0.05) is 23.3 Å². The number of rotatable bonds is 4. The van der Waals surface area contributed by atoms with Crippen LogP contribution < -0.4 is 5.32 Å². The normalized spacial score (nSPS) is 12.8. The lowest BCUT2D eigenvalue weighted by Gasteiger charge is -2.10. The van der Waals surface area contributed by atoms with Crippen LogP contribution in [0.25, 0.3) is 21.6 Å². The second-order valence-electron chi connectivity index (χ2n) is 5.97. The van der Waals surface area contributed by atoms with Crippen molar-refractivity contribution in [1.29, 1.82) is 0 Å². The lowest BCUT2D eigenvalue weighted by Crippen LogP contribution is -2.20. The third-order valence-corrected chi connectivity index (χ3v) is 4.49. The Kier molecular flexibility index (Phi) is 4.45. The molecule has 1 aliphatic rings. The summed E-state index contributed by atoms with van der Waals surface area (Å²) in [5, 5.41) is 3.13. The number of anilines is 1. The van der Waals surface area contributed by atoms with Crippen LogP contribution in [0.3, 0.4) is 0 Å². The zero-order chi connectivity index (χ0) is 18.8. The van der Waals surface area contributed by atoms with Crippen molar-refractivity contribution in [1.82, 2.24) is 9.55 Å². The minimum Gasteiger partial charge on any atom is -0.325 e. The van der Waals surface area contributed by atoms with E-state index in [9.17, 15) is 4.79 Å². The van der Waals surface area contributed by atoms with Crippen molar-refractivity contribution in [2.75, 3.05) is 5.32 Å². The highest BCUT2D eigenvalue weighted by molar-refractivity contribution is 6.33. The van der Waals surface area contributed by atoms with Gasteiger partial charge in [0.05, 0.1) is 17.6 Å². The third-order valence-electron chi connectivity index (χ3n) is 4.18. The molecule has 0 saturated heterocycles. The third kappa shape index (κ3) is 3.33. The molecule has 1 aliphatic heterocycles. The summed E-state index contributed by atoms with van der Waals surface area (Å²) in [6.45, 7) is 7.12. The number of halogens is 1. The first-order valence-corrected chi connectivity index (χ1v) is 8.68. The smallest absolute Gasteiger partial charge is 0.244 e. The predicted octanol–water partition coefficient (Wildman–Crippen LogP) is 4.69. The van der Waals surface area contributed by atoms with Crippen LogP contribution in [0.1, 0.15) is 12.2 Å². The Balaban J connectivity index is 1.64. The molecular formula is C20H14ClN5O. The molecule has 1 N–H and O–H groups in total. The minimum absolute atomic E-state index is 0.0882. The highest BCUT2D eigenvalue weighted by Crippen LogP contribution is 2.28. The van der Waals surface area contributed by atoms with Gasteiger partial charge in [-0.2, -0.15) is 0 Å². The molecule has 4 rings (SSSR count).